The van der Waals surface area contributed by atoms with E-state index in [2.05, 4.69) is 10.3 Å². The van der Waals surface area contributed by atoms with Crippen molar-refractivity contribution < 1.29 is 23.9 Å². The zero-order valence-electron chi connectivity index (χ0n) is 17.5. The summed E-state index contributed by atoms with van der Waals surface area (Å²) in [6.07, 6.45) is -1.32. The van der Waals surface area contributed by atoms with Gasteiger partial charge in [0.2, 0.25) is 5.78 Å². The smallest absolute Gasteiger partial charge is 0.310 e. The van der Waals surface area contributed by atoms with E-state index in [0.717, 1.165) is 16.5 Å². The molecule has 3 aromatic carbocycles. The highest BCUT2D eigenvalue weighted by Gasteiger charge is 2.30. The number of carbonyl (C=O) groups is 3. The molecular formula is C26H20N2O5. The Morgan fingerprint density at radius 3 is 2.48 bits per heavy atom. The van der Waals surface area contributed by atoms with Crippen LogP contribution >= 0.6 is 0 Å². The van der Waals surface area contributed by atoms with Gasteiger partial charge in [0.25, 0.3) is 5.91 Å². The number of ketones is 1. The molecule has 2 N–H and O–H groups in total. The van der Waals surface area contributed by atoms with Crippen molar-refractivity contribution in [2.24, 2.45) is 0 Å². The topological polar surface area (TPSA) is 97.5 Å². The van der Waals surface area contributed by atoms with Gasteiger partial charge in [0.15, 0.2) is 12.7 Å². The minimum absolute atomic E-state index is 0.299. The summed E-state index contributed by atoms with van der Waals surface area (Å²) in [6.45, 7) is -0.439. The average Bonchev–Trinajstić information content (AvgIpc) is 3.23. The fourth-order valence-corrected chi connectivity index (χ4v) is 3.91. The van der Waals surface area contributed by atoms with Crippen LogP contribution in [0.25, 0.3) is 22.2 Å². The van der Waals surface area contributed by atoms with E-state index in [1.54, 1.807) is 24.3 Å². The number of aromatic amines is 1. The van der Waals surface area contributed by atoms with E-state index >= 15 is 0 Å². The highest BCUT2D eigenvalue weighted by molar-refractivity contribution is 6.14. The summed E-state index contributed by atoms with van der Waals surface area (Å²) in [4.78, 5) is 41.1. The van der Waals surface area contributed by atoms with Crippen molar-refractivity contribution in [1.82, 2.24) is 4.98 Å². The van der Waals surface area contributed by atoms with Gasteiger partial charge in [-0.05, 0) is 23.8 Å². The van der Waals surface area contributed by atoms with Gasteiger partial charge in [0, 0.05) is 10.9 Å². The number of para-hydroxylation sites is 3. The minimum Gasteiger partial charge on any atom is -0.478 e. The van der Waals surface area contributed by atoms with Crippen LogP contribution in [0.3, 0.4) is 0 Å². The Bertz CT molecular complexity index is 1360. The second-order valence-electron chi connectivity index (χ2n) is 7.67. The number of fused-ring (bicyclic) bond motifs is 2. The fraction of sp³-hybridized carbons (Fsp3) is 0.115. The van der Waals surface area contributed by atoms with Crippen LogP contribution in [0, 0.1) is 0 Å². The van der Waals surface area contributed by atoms with Crippen LogP contribution in [0.1, 0.15) is 16.8 Å². The standard InChI is InChI=1S/C26H20N2O5/c29-20(15-32-23(30)14-22-26(31)28-19-12-6-7-13-21(19)33-22)24-17-10-4-5-11-18(17)27-25(24)16-8-2-1-3-9-16/h1-13,22,27H,14-15H2,(H,28,31). The Hall–Kier alpha value is -4.39. The van der Waals surface area contributed by atoms with E-state index in [0.29, 0.717) is 22.7 Å². The Kier molecular flexibility index (Phi) is 5.36. The molecule has 0 bridgehead atoms. The molecule has 1 aliphatic rings. The van der Waals surface area contributed by atoms with E-state index in [1.165, 1.54) is 0 Å². The van der Waals surface area contributed by atoms with Gasteiger partial charge in [-0.25, -0.2) is 0 Å². The molecule has 1 aliphatic heterocycles. The number of benzene rings is 3. The van der Waals surface area contributed by atoms with E-state index in [-0.39, 0.29) is 12.2 Å². The lowest BCUT2D eigenvalue weighted by Gasteiger charge is -2.25. The molecule has 0 saturated carbocycles. The van der Waals surface area contributed by atoms with Crippen LogP contribution in [0.4, 0.5) is 5.69 Å². The van der Waals surface area contributed by atoms with E-state index in [4.69, 9.17) is 9.47 Å². The maximum absolute atomic E-state index is 13.1. The first-order valence-corrected chi connectivity index (χ1v) is 10.5. The number of H-pyrrole nitrogens is 1. The molecule has 4 aromatic rings. The Labute approximate surface area is 189 Å². The number of amides is 1. The van der Waals surface area contributed by atoms with Gasteiger partial charge in [0.05, 0.1) is 23.4 Å². The van der Waals surface area contributed by atoms with Crippen LogP contribution in [-0.4, -0.2) is 35.4 Å². The van der Waals surface area contributed by atoms with Gasteiger partial charge < -0.3 is 19.8 Å². The molecule has 1 atom stereocenters. The van der Waals surface area contributed by atoms with Gasteiger partial charge in [-0.15, -0.1) is 0 Å². The molecular weight excluding hydrogens is 420 g/mol. The molecule has 0 fully saturated rings. The fourth-order valence-electron chi connectivity index (χ4n) is 3.91. The van der Waals surface area contributed by atoms with Gasteiger partial charge in [-0.1, -0.05) is 60.7 Å². The molecule has 33 heavy (non-hydrogen) atoms. The number of rotatable bonds is 6. The number of Topliss-reactive ketones (excluding diaryl/α,β-unsaturated/α-hetero) is 1. The number of aromatic nitrogens is 1. The molecule has 0 saturated heterocycles. The molecule has 7 heteroatoms. The second-order valence-corrected chi connectivity index (χ2v) is 7.67. The maximum Gasteiger partial charge on any atom is 0.310 e. The average molecular weight is 440 g/mol. The summed E-state index contributed by atoms with van der Waals surface area (Å²) in [5.74, 6) is -0.972. The normalized spacial score (nSPS) is 14.8. The van der Waals surface area contributed by atoms with Crippen LogP contribution in [-0.2, 0) is 14.3 Å². The molecule has 7 nitrogen and oxygen atoms in total. The van der Waals surface area contributed by atoms with Crippen molar-refractivity contribution in [2.75, 3.05) is 11.9 Å². The van der Waals surface area contributed by atoms with Crippen LogP contribution in [0.15, 0.2) is 78.9 Å². The number of ether oxygens (including phenoxy) is 2. The van der Waals surface area contributed by atoms with Crippen LogP contribution < -0.4 is 10.1 Å². The van der Waals surface area contributed by atoms with Crippen molar-refractivity contribution in [3.8, 4) is 17.0 Å². The summed E-state index contributed by atoms with van der Waals surface area (Å²) in [5.41, 5.74) is 3.36. The number of anilines is 1. The minimum atomic E-state index is -1.02. The lowest BCUT2D eigenvalue weighted by atomic mass is 10.0. The van der Waals surface area contributed by atoms with Crippen molar-refractivity contribution in [1.29, 1.82) is 0 Å². The number of nitrogens with one attached hydrogen (secondary N) is 2. The highest BCUT2D eigenvalue weighted by atomic mass is 16.5. The second kappa shape index (κ2) is 8.63. The predicted octanol–water partition coefficient (Wildman–Crippen LogP) is 4.35. The Morgan fingerprint density at radius 1 is 0.909 bits per heavy atom. The molecule has 1 amide bonds. The van der Waals surface area contributed by atoms with Crippen LogP contribution in [0.5, 0.6) is 5.75 Å². The maximum atomic E-state index is 13.1. The molecule has 0 aliphatic carbocycles. The van der Waals surface area contributed by atoms with Crippen molar-refractivity contribution in [2.45, 2.75) is 12.5 Å². The zero-order valence-corrected chi connectivity index (χ0v) is 17.5. The third-order valence-corrected chi connectivity index (χ3v) is 5.47. The first-order valence-electron chi connectivity index (χ1n) is 10.5. The summed E-state index contributed by atoms with van der Waals surface area (Å²) in [7, 11) is 0. The van der Waals surface area contributed by atoms with E-state index in [1.807, 2.05) is 54.6 Å². The third-order valence-electron chi connectivity index (χ3n) is 5.47. The van der Waals surface area contributed by atoms with Gasteiger partial charge in [-0.3, -0.25) is 14.4 Å². The van der Waals surface area contributed by atoms with Crippen molar-refractivity contribution in [3.63, 3.8) is 0 Å². The summed E-state index contributed by atoms with van der Waals surface area (Å²) in [5, 5.41) is 3.46. The molecule has 2 heterocycles. The van der Waals surface area contributed by atoms with Crippen molar-refractivity contribution in [3.05, 3.63) is 84.4 Å². The quantitative estimate of drug-likeness (QED) is 0.343. The molecule has 5 rings (SSSR count). The zero-order chi connectivity index (χ0) is 22.8. The molecule has 0 radical (unpaired) electrons. The lowest BCUT2D eigenvalue weighted by Crippen LogP contribution is -2.39. The number of carbonyl (C=O) groups excluding carboxylic acids is 3. The Morgan fingerprint density at radius 2 is 1.64 bits per heavy atom. The van der Waals surface area contributed by atoms with Gasteiger partial charge in [-0.2, -0.15) is 0 Å². The molecule has 164 valence electrons. The monoisotopic (exact) mass is 440 g/mol. The first kappa shape index (κ1) is 20.5. The summed E-state index contributed by atoms with van der Waals surface area (Å²) < 4.78 is 10.9. The number of hydrogen-bond donors (Lipinski definition) is 2. The van der Waals surface area contributed by atoms with Gasteiger partial charge in [0.1, 0.15) is 5.75 Å². The van der Waals surface area contributed by atoms with E-state index in [9.17, 15) is 14.4 Å². The lowest BCUT2D eigenvalue weighted by molar-refractivity contribution is -0.146. The number of hydrogen-bond acceptors (Lipinski definition) is 5. The highest BCUT2D eigenvalue weighted by Crippen LogP contribution is 2.31. The summed E-state index contributed by atoms with van der Waals surface area (Å²) >= 11 is 0. The van der Waals surface area contributed by atoms with Crippen LogP contribution in [0.2, 0.25) is 0 Å². The molecule has 1 aromatic heterocycles. The Balaban J connectivity index is 1.31. The van der Waals surface area contributed by atoms with E-state index < -0.39 is 24.6 Å². The first-order chi connectivity index (χ1) is 16.1. The summed E-state index contributed by atoms with van der Waals surface area (Å²) in [6, 6.07) is 23.9. The number of esters is 1. The van der Waals surface area contributed by atoms with Gasteiger partial charge >= 0.3 is 5.97 Å². The SMILES string of the molecule is O=C(CC1Oc2ccccc2NC1=O)OCC(=O)c1c(-c2ccccc2)[nH]c2ccccc12. The molecule has 1 unspecified atom stereocenters. The third kappa shape index (κ3) is 4.08. The van der Waals surface area contributed by atoms with Crippen molar-refractivity contribution >= 4 is 34.3 Å². The molecule has 0 spiro atoms. The predicted molar refractivity (Wildman–Crippen MR) is 123 cm³/mol. The largest absolute Gasteiger partial charge is 0.478 e.